The van der Waals surface area contributed by atoms with E-state index in [1.807, 2.05) is 6.92 Å². The number of carbonyl (C=O) groups is 1. The average molecular weight is 286 g/mol. The summed E-state index contributed by atoms with van der Waals surface area (Å²) in [7, 11) is 5.35. The fourth-order valence-corrected chi connectivity index (χ4v) is 2.65. The molecule has 0 aromatic rings. The predicted molar refractivity (Wildman–Crippen MR) is 79.8 cm³/mol. The number of esters is 1. The predicted octanol–water partition coefficient (Wildman–Crippen LogP) is 1.42. The Kier molecular flexibility index (Phi) is 7.48. The molecule has 1 fully saturated rings. The molecule has 2 unspecified atom stereocenters. The maximum absolute atomic E-state index is 11.7. The highest BCUT2D eigenvalue weighted by atomic mass is 16.5. The first-order valence-electron chi connectivity index (χ1n) is 7.59. The standard InChI is InChI=1S/C15H30N2O3/c1-15(16-2,14(18)19-4)9-7-10-17(3)12-13-8-5-6-11-20-13/h13,16H,5-12H2,1-4H3. The molecule has 0 spiro atoms. The number of hydrogen-bond donors (Lipinski definition) is 1. The van der Waals surface area contributed by atoms with E-state index in [9.17, 15) is 4.79 Å². The Hall–Kier alpha value is -0.650. The van der Waals surface area contributed by atoms with Crippen molar-refractivity contribution in [2.75, 3.05) is 40.9 Å². The summed E-state index contributed by atoms with van der Waals surface area (Å²) < 4.78 is 10.6. The van der Waals surface area contributed by atoms with E-state index in [4.69, 9.17) is 9.47 Å². The van der Waals surface area contributed by atoms with Crippen LogP contribution in [0.25, 0.3) is 0 Å². The third-order valence-corrected chi connectivity index (χ3v) is 4.19. The van der Waals surface area contributed by atoms with Crippen molar-refractivity contribution in [3.05, 3.63) is 0 Å². The monoisotopic (exact) mass is 286 g/mol. The van der Waals surface area contributed by atoms with Crippen LogP contribution in [0.15, 0.2) is 0 Å². The molecule has 20 heavy (non-hydrogen) atoms. The lowest BCUT2D eigenvalue weighted by atomic mass is 9.96. The van der Waals surface area contributed by atoms with Crippen molar-refractivity contribution in [3.63, 3.8) is 0 Å². The van der Waals surface area contributed by atoms with Gasteiger partial charge in [0, 0.05) is 13.2 Å². The number of ether oxygens (including phenoxy) is 2. The van der Waals surface area contributed by atoms with E-state index in [0.717, 1.165) is 32.5 Å². The molecule has 0 aromatic carbocycles. The molecule has 1 aliphatic heterocycles. The molecule has 0 radical (unpaired) electrons. The van der Waals surface area contributed by atoms with Crippen LogP contribution in [0, 0.1) is 0 Å². The number of likely N-dealkylation sites (N-methyl/N-ethyl adjacent to an activating group) is 2. The Morgan fingerprint density at radius 2 is 2.25 bits per heavy atom. The van der Waals surface area contributed by atoms with E-state index in [0.29, 0.717) is 6.10 Å². The van der Waals surface area contributed by atoms with E-state index >= 15 is 0 Å². The van der Waals surface area contributed by atoms with Gasteiger partial charge in [0.25, 0.3) is 0 Å². The number of nitrogens with zero attached hydrogens (tertiary/aromatic N) is 1. The normalized spacial score (nSPS) is 22.6. The van der Waals surface area contributed by atoms with Crippen LogP contribution in [0.5, 0.6) is 0 Å². The van der Waals surface area contributed by atoms with Gasteiger partial charge in [-0.1, -0.05) is 0 Å². The van der Waals surface area contributed by atoms with Crippen molar-refractivity contribution in [2.45, 2.75) is 50.7 Å². The minimum Gasteiger partial charge on any atom is -0.468 e. The third-order valence-electron chi connectivity index (χ3n) is 4.19. The minimum absolute atomic E-state index is 0.196. The molecule has 2 atom stereocenters. The molecule has 0 amide bonds. The van der Waals surface area contributed by atoms with Gasteiger partial charge < -0.3 is 19.7 Å². The highest BCUT2D eigenvalue weighted by Gasteiger charge is 2.31. The van der Waals surface area contributed by atoms with Crippen molar-refractivity contribution in [1.29, 1.82) is 0 Å². The van der Waals surface area contributed by atoms with Crippen LogP contribution in [-0.4, -0.2) is 63.4 Å². The number of carbonyl (C=O) groups excluding carboxylic acids is 1. The summed E-state index contributed by atoms with van der Waals surface area (Å²) in [6.07, 6.45) is 5.74. The highest BCUT2D eigenvalue weighted by Crippen LogP contribution is 2.16. The van der Waals surface area contributed by atoms with Gasteiger partial charge in [0.1, 0.15) is 5.54 Å². The van der Waals surface area contributed by atoms with E-state index < -0.39 is 5.54 Å². The topological polar surface area (TPSA) is 50.8 Å². The lowest BCUT2D eigenvalue weighted by molar-refractivity contribution is -0.148. The molecule has 0 aromatic heterocycles. The average Bonchev–Trinajstić information content (AvgIpc) is 2.47. The minimum atomic E-state index is -0.586. The van der Waals surface area contributed by atoms with E-state index in [2.05, 4.69) is 17.3 Å². The molecule has 1 N–H and O–H groups in total. The Morgan fingerprint density at radius 1 is 1.50 bits per heavy atom. The van der Waals surface area contributed by atoms with Gasteiger partial charge in [0.2, 0.25) is 0 Å². The number of hydrogen-bond acceptors (Lipinski definition) is 5. The van der Waals surface area contributed by atoms with Gasteiger partial charge in [-0.15, -0.1) is 0 Å². The zero-order chi connectivity index (χ0) is 15.0. The quantitative estimate of drug-likeness (QED) is 0.684. The van der Waals surface area contributed by atoms with Crippen LogP contribution in [0.4, 0.5) is 0 Å². The lowest BCUT2D eigenvalue weighted by Gasteiger charge is -2.29. The largest absolute Gasteiger partial charge is 0.468 e. The smallest absolute Gasteiger partial charge is 0.325 e. The maximum atomic E-state index is 11.7. The van der Waals surface area contributed by atoms with Gasteiger partial charge in [-0.3, -0.25) is 4.79 Å². The van der Waals surface area contributed by atoms with Crippen molar-refractivity contribution in [2.24, 2.45) is 0 Å². The Bertz CT molecular complexity index is 293. The van der Waals surface area contributed by atoms with Crippen molar-refractivity contribution >= 4 is 5.97 Å². The summed E-state index contributed by atoms with van der Waals surface area (Å²) in [6, 6.07) is 0. The van der Waals surface area contributed by atoms with Crippen molar-refractivity contribution < 1.29 is 14.3 Å². The Labute approximate surface area is 123 Å². The Morgan fingerprint density at radius 3 is 2.80 bits per heavy atom. The summed E-state index contributed by atoms with van der Waals surface area (Å²) in [5.74, 6) is -0.196. The van der Waals surface area contributed by atoms with Gasteiger partial charge in [-0.05, 0) is 59.7 Å². The molecule has 0 saturated carbocycles. The zero-order valence-electron chi connectivity index (χ0n) is 13.4. The van der Waals surface area contributed by atoms with Crippen molar-refractivity contribution in [1.82, 2.24) is 10.2 Å². The molecule has 118 valence electrons. The highest BCUT2D eigenvalue weighted by molar-refractivity contribution is 5.80. The molecule has 1 aliphatic rings. The molecule has 5 heteroatoms. The van der Waals surface area contributed by atoms with Crippen LogP contribution in [-0.2, 0) is 14.3 Å². The molecule has 1 rings (SSSR count). The molecule has 1 saturated heterocycles. The van der Waals surface area contributed by atoms with Gasteiger partial charge >= 0.3 is 5.97 Å². The fraction of sp³-hybridized carbons (Fsp3) is 0.933. The number of methoxy groups -OCH3 is 1. The Balaban J connectivity index is 2.26. The van der Waals surface area contributed by atoms with Crippen LogP contribution >= 0.6 is 0 Å². The maximum Gasteiger partial charge on any atom is 0.325 e. The molecule has 0 bridgehead atoms. The SMILES string of the molecule is CNC(C)(CCCN(C)CC1CCCCO1)C(=O)OC. The summed E-state index contributed by atoms with van der Waals surface area (Å²) in [5, 5.41) is 3.07. The van der Waals surface area contributed by atoms with E-state index in [-0.39, 0.29) is 5.97 Å². The van der Waals surface area contributed by atoms with Gasteiger partial charge in [0.05, 0.1) is 13.2 Å². The molecular formula is C15H30N2O3. The molecular weight excluding hydrogens is 256 g/mol. The summed E-state index contributed by atoms with van der Waals surface area (Å²) >= 11 is 0. The van der Waals surface area contributed by atoms with Crippen LogP contribution in [0.3, 0.4) is 0 Å². The molecule has 0 aliphatic carbocycles. The second-order valence-corrected chi connectivity index (χ2v) is 5.93. The summed E-state index contributed by atoms with van der Waals surface area (Å²) in [4.78, 5) is 14.0. The number of nitrogens with one attached hydrogen (secondary N) is 1. The van der Waals surface area contributed by atoms with Crippen LogP contribution in [0.2, 0.25) is 0 Å². The zero-order valence-corrected chi connectivity index (χ0v) is 13.4. The fourth-order valence-electron chi connectivity index (χ4n) is 2.65. The van der Waals surface area contributed by atoms with Crippen molar-refractivity contribution in [3.8, 4) is 0 Å². The van der Waals surface area contributed by atoms with Crippen LogP contribution < -0.4 is 5.32 Å². The molecule has 5 nitrogen and oxygen atoms in total. The summed E-state index contributed by atoms with van der Waals surface area (Å²) in [6.45, 7) is 4.74. The van der Waals surface area contributed by atoms with Gasteiger partial charge in [-0.25, -0.2) is 0 Å². The second kappa shape index (κ2) is 8.60. The van der Waals surface area contributed by atoms with Gasteiger partial charge in [-0.2, -0.15) is 0 Å². The first-order chi connectivity index (χ1) is 9.51. The number of rotatable bonds is 8. The lowest BCUT2D eigenvalue weighted by Crippen LogP contribution is -2.48. The molecule has 1 heterocycles. The first kappa shape index (κ1) is 17.4. The summed E-state index contributed by atoms with van der Waals surface area (Å²) in [5.41, 5.74) is -0.586. The van der Waals surface area contributed by atoms with E-state index in [1.165, 1.54) is 26.4 Å². The second-order valence-electron chi connectivity index (χ2n) is 5.93. The van der Waals surface area contributed by atoms with E-state index in [1.54, 1.807) is 7.05 Å². The third kappa shape index (κ3) is 5.38. The van der Waals surface area contributed by atoms with Gasteiger partial charge in [0.15, 0.2) is 0 Å². The first-order valence-corrected chi connectivity index (χ1v) is 7.59. The van der Waals surface area contributed by atoms with Crippen LogP contribution in [0.1, 0.15) is 39.0 Å².